The van der Waals surface area contributed by atoms with Gasteiger partial charge in [-0.1, -0.05) is 39.0 Å². The zero-order valence-electron chi connectivity index (χ0n) is 16.5. The van der Waals surface area contributed by atoms with Crippen LogP contribution in [0.15, 0.2) is 42.6 Å². The molecule has 4 aromatic rings. The first-order valence-electron chi connectivity index (χ1n) is 9.11. The predicted molar refractivity (Wildman–Crippen MR) is 105 cm³/mol. The van der Waals surface area contributed by atoms with Crippen LogP contribution in [0, 0.1) is 0 Å². The Balaban J connectivity index is 1.80. The fraction of sp³-hybridized carbons (Fsp3) is 0.286. The maximum Gasteiger partial charge on any atom is 0.417 e. The first-order chi connectivity index (χ1) is 13.5. The summed E-state index contributed by atoms with van der Waals surface area (Å²) in [5.41, 5.74) is 2.33. The van der Waals surface area contributed by atoms with Crippen molar-refractivity contribution in [3.05, 3.63) is 53.9 Å². The summed E-state index contributed by atoms with van der Waals surface area (Å²) in [6.45, 7) is 6.23. The molecule has 0 saturated carbocycles. The number of fused-ring (bicyclic) bond motifs is 1. The van der Waals surface area contributed by atoms with E-state index >= 15 is 0 Å². The number of aryl methyl sites for hydroxylation is 1. The molecule has 0 spiro atoms. The van der Waals surface area contributed by atoms with Gasteiger partial charge in [0.15, 0.2) is 5.82 Å². The van der Waals surface area contributed by atoms with Crippen LogP contribution in [0.1, 0.15) is 32.0 Å². The molecule has 0 radical (unpaired) electrons. The smallest absolute Gasteiger partial charge is 0.335 e. The number of hydrogen-bond donors (Lipinski definition) is 1. The van der Waals surface area contributed by atoms with E-state index in [4.69, 9.17) is 0 Å². The highest BCUT2D eigenvalue weighted by Crippen LogP contribution is 2.37. The number of rotatable bonds is 2. The highest BCUT2D eigenvalue weighted by Gasteiger charge is 2.33. The van der Waals surface area contributed by atoms with E-state index in [2.05, 4.69) is 40.8 Å². The Hall–Kier alpha value is -3.16. The molecule has 29 heavy (non-hydrogen) atoms. The van der Waals surface area contributed by atoms with E-state index in [0.717, 1.165) is 17.5 Å². The fourth-order valence-electron chi connectivity index (χ4n) is 3.19. The number of imidazole rings is 1. The summed E-state index contributed by atoms with van der Waals surface area (Å²) in [5, 5.41) is 4.55. The van der Waals surface area contributed by atoms with Crippen LogP contribution in [0.3, 0.4) is 0 Å². The van der Waals surface area contributed by atoms with Gasteiger partial charge in [-0.05, 0) is 18.2 Å². The Bertz CT molecular complexity index is 1200. The number of H-pyrrole nitrogens is 1. The van der Waals surface area contributed by atoms with Gasteiger partial charge in [0.25, 0.3) is 0 Å². The van der Waals surface area contributed by atoms with Crippen LogP contribution in [0.2, 0.25) is 0 Å². The van der Waals surface area contributed by atoms with Crippen molar-refractivity contribution in [2.45, 2.75) is 32.4 Å². The number of aromatic nitrogens is 5. The Morgan fingerprint density at radius 3 is 2.41 bits per heavy atom. The standard InChI is InChI=1S/C21H20F3N5/c1-20(2,3)18-10-17(29(4)28-18)19-26-15-9-14(25-11-16(15)27-19)12-7-5-6-8-13(12)21(22,23)24/h5-11H,1-4H3,(H,26,27). The van der Waals surface area contributed by atoms with Crippen molar-refractivity contribution in [2.24, 2.45) is 7.05 Å². The van der Waals surface area contributed by atoms with Crippen LogP contribution < -0.4 is 0 Å². The SMILES string of the molecule is Cn1nc(C(C)(C)C)cc1-c1nc2cc(-c3ccccc3C(F)(F)F)ncc2[nH]1. The molecule has 0 aliphatic carbocycles. The first kappa shape index (κ1) is 19.2. The second-order valence-electron chi connectivity index (χ2n) is 8.00. The van der Waals surface area contributed by atoms with E-state index in [0.29, 0.717) is 16.9 Å². The molecule has 8 heteroatoms. The molecular weight excluding hydrogens is 379 g/mol. The molecule has 0 fully saturated rings. The third-order valence-corrected chi connectivity index (χ3v) is 4.77. The van der Waals surface area contributed by atoms with Gasteiger partial charge in [-0.25, -0.2) is 4.98 Å². The van der Waals surface area contributed by atoms with Gasteiger partial charge in [-0.3, -0.25) is 9.67 Å². The number of hydrogen-bond acceptors (Lipinski definition) is 3. The molecule has 5 nitrogen and oxygen atoms in total. The van der Waals surface area contributed by atoms with E-state index in [9.17, 15) is 13.2 Å². The molecule has 150 valence electrons. The number of nitrogens with zero attached hydrogens (tertiary/aromatic N) is 4. The number of alkyl halides is 3. The van der Waals surface area contributed by atoms with E-state index in [1.54, 1.807) is 16.8 Å². The van der Waals surface area contributed by atoms with Gasteiger partial charge in [0.1, 0.15) is 5.69 Å². The lowest BCUT2D eigenvalue weighted by molar-refractivity contribution is -0.137. The lowest BCUT2D eigenvalue weighted by atomic mass is 9.92. The minimum Gasteiger partial charge on any atom is -0.335 e. The Morgan fingerprint density at radius 2 is 1.76 bits per heavy atom. The number of halogens is 3. The minimum atomic E-state index is -4.46. The summed E-state index contributed by atoms with van der Waals surface area (Å²) < 4.78 is 41.8. The van der Waals surface area contributed by atoms with Crippen LogP contribution in [0.5, 0.6) is 0 Å². The molecule has 1 aromatic carbocycles. The third kappa shape index (κ3) is 3.50. The maximum atomic E-state index is 13.4. The summed E-state index contributed by atoms with van der Waals surface area (Å²) >= 11 is 0. The molecule has 0 atom stereocenters. The van der Waals surface area contributed by atoms with Crippen molar-refractivity contribution in [1.29, 1.82) is 0 Å². The van der Waals surface area contributed by atoms with Crippen molar-refractivity contribution in [2.75, 3.05) is 0 Å². The lowest BCUT2D eigenvalue weighted by Gasteiger charge is -2.13. The zero-order valence-corrected chi connectivity index (χ0v) is 16.5. The molecule has 0 saturated heterocycles. The highest BCUT2D eigenvalue weighted by atomic mass is 19.4. The number of nitrogens with one attached hydrogen (secondary N) is 1. The van der Waals surface area contributed by atoms with Gasteiger partial charge in [0, 0.05) is 18.0 Å². The van der Waals surface area contributed by atoms with Gasteiger partial charge in [0.05, 0.1) is 34.2 Å². The molecule has 4 rings (SSSR count). The minimum absolute atomic E-state index is 0.0296. The number of aromatic amines is 1. The lowest BCUT2D eigenvalue weighted by Crippen LogP contribution is -2.12. The number of pyridine rings is 1. The highest BCUT2D eigenvalue weighted by molar-refractivity contribution is 5.82. The summed E-state index contributed by atoms with van der Waals surface area (Å²) in [4.78, 5) is 12.0. The average molecular weight is 399 g/mol. The van der Waals surface area contributed by atoms with Crippen molar-refractivity contribution in [1.82, 2.24) is 24.7 Å². The van der Waals surface area contributed by atoms with Gasteiger partial charge < -0.3 is 4.98 Å². The second-order valence-corrected chi connectivity index (χ2v) is 8.00. The fourth-order valence-corrected chi connectivity index (χ4v) is 3.19. The van der Waals surface area contributed by atoms with Crippen LogP contribution >= 0.6 is 0 Å². The Morgan fingerprint density at radius 1 is 1.03 bits per heavy atom. The summed E-state index contributed by atoms with van der Waals surface area (Å²) in [5.74, 6) is 0.591. The molecular formula is C21H20F3N5. The van der Waals surface area contributed by atoms with Crippen molar-refractivity contribution in [3.63, 3.8) is 0 Å². The van der Waals surface area contributed by atoms with Crippen molar-refractivity contribution < 1.29 is 13.2 Å². The molecule has 1 N–H and O–H groups in total. The normalized spacial score (nSPS) is 12.7. The van der Waals surface area contributed by atoms with Crippen LogP contribution in [-0.4, -0.2) is 24.7 Å². The van der Waals surface area contributed by atoms with Gasteiger partial charge in [-0.15, -0.1) is 0 Å². The quantitative estimate of drug-likeness (QED) is 0.495. The van der Waals surface area contributed by atoms with Crippen molar-refractivity contribution >= 4 is 11.0 Å². The third-order valence-electron chi connectivity index (χ3n) is 4.77. The van der Waals surface area contributed by atoms with Gasteiger partial charge in [-0.2, -0.15) is 18.3 Å². The van der Waals surface area contributed by atoms with E-state index in [-0.39, 0.29) is 16.7 Å². The topological polar surface area (TPSA) is 59.4 Å². The van der Waals surface area contributed by atoms with Crippen LogP contribution in [-0.2, 0) is 18.6 Å². The second kappa shape index (κ2) is 6.43. The Kier molecular flexibility index (Phi) is 4.25. The van der Waals surface area contributed by atoms with Crippen LogP contribution in [0.25, 0.3) is 33.8 Å². The first-order valence-corrected chi connectivity index (χ1v) is 9.11. The molecule has 0 aliphatic heterocycles. The van der Waals surface area contributed by atoms with E-state index in [1.165, 1.54) is 18.3 Å². The molecule has 0 aliphatic rings. The van der Waals surface area contributed by atoms with E-state index < -0.39 is 11.7 Å². The van der Waals surface area contributed by atoms with Crippen molar-refractivity contribution in [3.8, 4) is 22.8 Å². The average Bonchev–Trinajstić information content (AvgIpc) is 3.23. The monoisotopic (exact) mass is 399 g/mol. The molecule has 0 bridgehead atoms. The maximum absolute atomic E-state index is 13.4. The predicted octanol–water partition coefficient (Wildman–Crippen LogP) is 5.34. The Labute approximate surface area is 165 Å². The van der Waals surface area contributed by atoms with Crippen LogP contribution in [0.4, 0.5) is 13.2 Å². The molecule has 3 heterocycles. The largest absolute Gasteiger partial charge is 0.417 e. The zero-order chi connectivity index (χ0) is 21.0. The summed E-state index contributed by atoms with van der Waals surface area (Å²) in [7, 11) is 1.83. The summed E-state index contributed by atoms with van der Waals surface area (Å²) in [6, 6.07) is 8.94. The molecule has 0 amide bonds. The van der Waals surface area contributed by atoms with E-state index in [1.807, 2.05) is 13.1 Å². The van der Waals surface area contributed by atoms with Gasteiger partial charge >= 0.3 is 6.18 Å². The van der Waals surface area contributed by atoms with Gasteiger partial charge in [0.2, 0.25) is 0 Å². The number of benzene rings is 1. The summed E-state index contributed by atoms with van der Waals surface area (Å²) in [6.07, 6.45) is -2.95. The molecule has 3 aromatic heterocycles. The molecule has 0 unspecified atom stereocenters.